The highest BCUT2D eigenvalue weighted by molar-refractivity contribution is 5.84. The molecule has 0 saturated heterocycles. The van der Waals surface area contributed by atoms with Gasteiger partial charge < -0.3 is 10.4 Å². The van der Waals surface area contributed by atoms with Crippen molar-refractivity contribution in [1.82, 2.24) is 10.2 Å². The molecule has 0 unspecified atom stereocenters. The first-order valence-corrected chi connectivity index (χ1v) is 9.33. The van der Waals surface area contributed by atoms with Crippen LogP contribution in [0.5, 0.6) is 0 Å². The van der Waals surface area contributed by atoms with Crippen LogP contribution in [0.4, 0.5) is 0 Å². The van der Waals surface area contributed by atoms with Gasteiger partial charge in [0.15, 0.2) is 0 Å². The van der Waals surface area contributed by atoms with E-state index in [2.05, 4.69) is 17.4 Å². The molecule has 2 N–H and O–H groups in total. The van der Waals surface area contributed by atoms with E-state index in [1.165, 1.54) is 5.56 Å². The second kappa shape index (κ2) is 7.56. The molecule has 2 aliphatic carbocycles. The summed E-state index contributed by atoms with van der Waals surface area (Å²) < 4.78 is 0. The summed E-state index contributed by atoms with van der Waals surface area (Å²) in [5.74, 6) is -0.599. The zero-order valence-corrected chi connectivity index (χ0v) is 14.9. The van der Waals surface area contributed by atoms with E-state index in [-0.39, 0.29) is 30.0 Å². The van der Waals surface area contributed by atoms with Crippen LogP contribution in [-0.2, 0) is 16.0 Å². The predicted molar refractivity (Wildman–Crippen MR) is 96.3 cm³/mol. The van der Waals surface area contributed by atoms with Crippen molar-refractivity contribution in [2.24, 2.45) is 5.41 Å². The molecule has 5 heteroatoms. The van der Waals surface area contributed by atoms with Crippen molar-refractivity contribution in [3.05, 3.63) is 35.9 Å². The number of carbonyl (C=O) groups excluding carboxylic acids is 1. The number of benzene rings is 1. The predicted octanol–water partition coefficient (Wildman–Crippen LogP) is 2.45. The summed E-state index contributed by atoms with van der Waals surface area (Å²) in [6.45, 7) is 2.80. The summed E-state index contributed by atoms with van der Waals surface area (Å²) in [4.78, 5) is 25.8. The lowest BCUT2D eigenvalue weighted by Crippen LogP contribution is -2.58. The van der Waals surface area contributed by atoms with E-state index in [9.17, 15) is 9.59 Å². The van der Waals surface area contributed by atoms with Crippen molar-refractivity contribution < 1.29 is 14.7 Å². The molecule has 5 nitrogen and oxygen atoms in total. The Kier molecular flexibility index (Phi) is 5.42. The molecule has 25 heavy (non-hydrogen) atoms. The van der Waals surface area contributed by atoms with Gasteiger partial charge in [-0.2, -0.15) is 0 Å². The van der Waals surface area contributed by atoms with Crippen molar-refractivity contribution in [3.63, 3.8) is 0 Å². The average Bonchev–Trinajstić information content (AvgIpc) is 2.52. The minimum absolute atomic E-state index is 0.0831. The number of rotatable bonds is 8. The zero-order valence-electron chi connectivity index (χ0n) is 14.9. The Balaban J connectivity index is 1.51. The van der Waals surface area contributed by atoms with Crippen molar-refractivity contribution in [2.45, 2.75) is 57.5 Å². The Morgan fingerprint density at radius 1 is 1.24 bits per heavy atom. The molecule has 2 saturated carbocycles. The van der Waals surface area contributed by atoms with Gasteiger partial charge in [-0.15, -0.1) is 0 Å². The second-order valence-electron chi connectivity index (χ2n) is 7.55. The third kappa shape index (κ3) is 4.03. The molecular weight excluding hydrogens is 316 g/mol. The van der Waals surface area contributed by atoms with Crippen molar-refractivity contribution >= 4 is 11.9 Å². The Morgan fingerprint density at radius 3 is 2.44 bits per heavy atom. The summed E-state index contributed by atoms with van der Waals surface area (Å²) in [5.41, 5.74) is 0.986. The summed E-state index contributed by atoms with van der Waals surface area (Å²) in [6, 6.07) is 10.7. The third-order valence-corrected chi connectivity index (χ3v) is 5.89. The van der Waals surface area contributed by atoms with Gasteiger partial charge >= 0.3 is 5.97 Å². The fourth-order valence-corrected chi connectivity index (χ4v) is 4.09. The van der Waals surface area contributed by atoms with Crippen LogP contribution in [0.1, 0.15) is 44.6 Å². The topological polar surface area (TPSA) is 69.6 Å². The van der Waals surface area contributed by atoms with Gasteiger partial charge in [-0.05, 0) is 44.2 Å². The normalized spacial score (nSPS) is 24.2. The van der Waals surface area contributed by atoms with Crippen LogP contribution in [0.15, 0.2) is 30.3 Å². The van der Waals surface area contributed by atoms with Gasteiger partial charge in [0.2, 0.25) is 5.91 Å². The first kappa shape index (κ1) is 17.9. The first-order valence-electron chi connectivity index (χ1n) is 9.33. The van der Waals surface area contributed by atoms with Gasteiger partial charge in [-0.3, -0.25) is 14.5 Å². The lowest BCUT2D eigenvalue weighted by Gasteiger charge is -2.46. The van der Waals surface area contributed by atoms with Gasteiger partial charge in [0, 0.05) is 12.1 Å². The van der Waals surface area contributed by atoms with Crippen LogP contribution in [0.3, 0.4) is 0 Å². The van der Waals surface area contributed by atoms with Gasteiger partial charge in [0.05, 0.1) is 12.0 Å². The maximum absolute atomic E-state index is 12.9. The number of hydrogen-bond donors (Lipinski definition) is 2. The van der Waals surface area contributed by atoms with E-state index in [1.807, 2.05) is 30.0 Å². The average molecular weight is 344 g/mol. The first-order chi connectivity index (χ1) is 12.0. The fraction of sp³-hybridized carbons (Fsp3) is 0.600. The molecule has 0 spiro atoms. The van der Waals surface area contributed by atoms with Crippen molar-refractivity contribution in [1.29, 1.82) is 0 Å². The van der Waals surface area contributed by atoms with Gasteiger partial charge in [0.1, 0.15) is 0 Å². The highest BCUT2D eigenvalue weighted by Crippen LogP contribution is 2.44. The Labute approximate surface area is 149 Å². The van der Waals surface area contributed by atoms with Crippen LogP contribution in [0, 0.1) is 5.41 Å². The van der Waals surface area contributed by atoms with E-state index in [4.69, 9.17) is 5.11 Å². The smallest absolute Gasteiger partial charge is 0.317 e. The standard InChI is InChI=1S/C20H28N2O3/c1-2-22(14-18(23)24)17-11-16(12-17)21-19(25)20(9-6-10-20)13-15-7-4-3-5-8-15/h3-5,7-8,16-17H,2,6,9-14H2,1H3,(H,21,25)(H,23,24). The summed E-state index contributed by atoms with van der Waals surface area (Å²) in [5, 5.41) is 12.2. The molecule has 2 fully saturated rings. The molecule has 1 amide bonds. The number of nitrogens with one attached hydrogen (secondary N) is 1. The van der Waals surface area contributed by atoms with Crippen LogP contribution in [-0.4, -0.2) is 47.1 Å². The SMILES string of the molecule is CCN(CC(=O)O)C1CC(NC(=O)C2(Cc3ccccc3)CCC2)C1. The molecule has 0 radical (unpaired) electrons. The highest BCUT2D eigenvalue weighted by atomic mass is 16.4. The molecular formula is C20H28N2O3. The quantitative estimate of drug-likeness (QED) is 0.760. The highest BCUT2D eigenvalue weighted by Gasteiger charge is 2.46. The second-order valence-corrected chi connectivity index (χ2v) is 7.55. The molecule has 1 aromatic carbocycles. The fourth-order valence-electron chi connectivity index (χ4n) is 4.09. The number of carbonyl (C=O) groups is 2. The number of aliphatic carboxylic acids is 1. The van der Waals surface area contributed by atoms with E-state index in [0.29, 0.717) is 0 Å². The van der Waals surface area contributed by atoms with Gasteiger partial charge in [0.25, 0.3) is 0 Å². The Hall–Kier alpha value is -1.88. The Bertz CT molecular complexity index is 607. The molecule has 0 heterocycles. The summed E-state index contributed by atoms with van der Waals surface area (Å²) in [7, 11) is 0. The van der Waals surface area contributed by atoms with Crippen LogP contribution < -0.4 is 5.32 Å². The molecule has 2 aliphatic rings. The van der Waals surface area contributed by atoms with E-state index < -0.39 is 5.97 Å². The van der Waals surface area contributed by atoms with Crippen LogP contribution >= 0.6 is 0 Å². The largest absolute Gasteiger partial charge is 0.480 e. The third-order valence-electron chi connectivity index (χ3n) is 5.89. The minimum atomic E-state index is -0.786. The number of nitrogens with zero attached hydrogens (tertiary/aromatic N) is 1. The zero-order chi connectivity index (χ0) is 17.9. The van der Waals surface area contributed by atoms with Gasteiger partial charge in [-0.25, -0.2) is 0 Å². The van der Waals surface area contributed by atoms with E-state index in [0.717, 1.165) is 45.1 Å². The van der Waals surface area contributed by atoms with Crippen LogP contribution in [0.2, 0.25) is 0 Å². The molecule has 136 valence electrons. The summed E-state index contributed by atoms with van der Waals surface area (Å²) in [6.07, 6.45) is 5.57. The maximum atomic E-state index is 12.9. The monoisotopic (exact) mass is 344 g/mol. The number of hydrogen-bond acceptors (Lipinski definition) is 3. The number of carboxylic acid groups (broad SMARTS) is 1. The van der Waals surface area contributed by atoms with Crippen molar-refractivity contribution in [3.8, 4) is 0 Å². The van der Waals surface area contributed by atoms with Crippen molar-refractivity contribution in [2.75, 3.05) is 13.1 Å². The van der Waals surface area contributed by atoms with E-state index >= 15 is 0 Å². The summed E-state index contributed by atoms with van der Waals surface area (Å²) >= 11 is 0. The molecule has 0 atom stereocenters. The molecule has 3 rings (SSSR count). The molecule has 1 aromatic rings. The number of likely N-dealkylation sites (N-methyl/N-ethyl adjacent to an activating group) is 1. The van der Waals surface area contributed by atoms with E-state index in [1.54, 1.807) is 0 Å². The molecule has 0 aliphatic heterocycles. The van der Waals surface area contributed by atoms with Gasteiger partial charge in [-0.1, -0.05) is 43.7 Å². The number of carboxylic acids is 1. The molecule has 0 bridgehead atoms. The lowest BCUT2D eigenvalue weighted by molar-refractivity contribution is -0.141. The Morgan fingerprint density at radius 2 is 1.92 bits per heavy atom. The van der Waals surface area contributed by atoms with Crippen LogP contribution in [0.25, 0.3) is 0 Å². The minimum Gasteiger partial charge on any atom is -0.480 e. The lowest BCUT2D eigenvalue weighted by atomic mass is 9.64. The maximum Gasteiger partial charge on any atom is 0.317 e. The number of amides is 1. The molecule has 0 aromatic heterocycles.